The first-order chi connectivity index (χ1) is 16.9. The van der Waals surface area contributed by atoms with Crippen molar-refractivity contribution in [3.8, 4) is 23.1 Å². The van der Waals surface area contributed by atoms with Crippen molar-refractivity contribution in [3.05, 3.63) is 74.6 Å². The van der Waals surface area contributed by atoms with Gasteiger partial charge in [0.15, 0.2) is 5.71 Å². The molecule has 180 valence electrons. The van der Waals surface area contributed by atoms with E-state index in [1.165, 1.54) is 7.11 Å². The monoisotopic (exact) mass is 707 g/mol. The van der Waals surface area contributed by atoms with Gasteiger partial charge in [0.25, 0.3) is 0 Å². The molecule has 3 rings (SSSR count). The molecule has 0 saturated heterocycles. The molecular formula is C25H25ClI2N2O4. The summed E-state index contributed by atoms with van der Waals surface area (Å²) in [6.07, 6.45) is 1.62. The molecule has 0 N–H and O–H groups in total. The topological polar surface area (TPSA) is 81.8 Å². The van der Waals surface area contributed by atoms with Gasteiger partial charge in [0.05, 0.1) is 3.57 Å². The molecule has 3 aromatic rings. The summed E-state index contributed by atoms with van der Waals surface area (Å²) in [4.78, 5) is 25.6. The van der Waals surface area contributed by atoms with Crippen LogP contribution in [0.1, 0.15) is 54.2 Å². The Balaban J connectivity index is 0.000000559. The molecule has 0 bridgehead atoms. The Kier molecular flexibility index (Phi) is 16.8. The van der Waals surface area contributed by atoms with Crippen LogP contribution < -0.4 is 0 Å². The minimum Gasteiger partial charge on any atom is -0.398 e. The Bertz CT molecular complexity index is 1120. The maximum absolute atomic E-state index is 10.5. The van der Waals surface area contributed by atoms with Crippen molar-refractivity contribution < 1.29 is 20.3 Å². The minimum absolute atomic E-state index is 0.500. The number of oxime groups is 1. The van der Waals surface area contributed by atoms with Crippen LogP contribution in [0.5, 0.6) is 0 Å². The Morgan fingerprint density at radius 3 is 2.00 bits per heavy atom. The fourth-order valence-electron chi connectivity index (χ4n) is 2.34. The summed E-state index contributed by atoms with van der Waals surface area (Å²) in [5.74, 6) is 6.38. The third-order valence-electron chi connectivity index (χ3n) is 3.86. The van der Waals surface area contributed by atoms with Crippen LogP contribution in [0, 0.1) is 22.3 Å². The zero-order chi connectivity index (χ0) is 26.6. The third kappa shape index (κ3) is 10.4. The summed E-state index contributed by atoms with van der Waals surface area (Å²) >= 11 is 3.82. The molecule has 0 saturated carbocycles. The average molecular weight is 708 g/mol. The first-order valence-electron chi connectivity index (χ1n) is 10.4. The lowest BCUT2D eigenvalue weighted by atomic mass is 10.1. The first-order valence-corrected chi connectivity index (χ1v) is 13.5. The third-order valence-corrected chi connectivity index (χ3v) is 5.13. The highest BCUT2D eigenvalue weighted by Gasteiger charge is 2.11. The van der Waals surface area contributed by atoms with Gasteiger partial charge >= 0.3 is 0 Å². The number of carbonyl (C=O) groups excluding carboxylic acids is 2. The SMILES string of the molecule is CC#C/C(=N/OC)c1ccc(C=O)cc1.Cc1onc(-c2ccc(C=O)cc2)c1I.ClI.[2H]CC. The highest BCUT2D eigenvalue weighted by Crippen LogP contribution is 2.26. The van der Waals surface area contributed by atoms with Crippen LogP contribution in [0.4, 0.5) is 0 Å². The smallest absolute Gasteiger partial charge is 0.159 e. The molecule has 0 spiro atoms. The number of aromatic nitrogens is 1. The van der Waals surface area contributed by atoms with E-state index in [1.54, 1.807) is 71.7 Å². The van der Waals surface area contributed by atoms with Crippen LogP contribution in [-0.2, 0) is 4.84 Å². The lowest BCUT2D eigenvalue weighted by molar-refractivity contribution is 0.111. The van der Waals surface area contributed by atoms with E-state index in [-0.39, 0.29) is 0 Å². The van der Waals surface area contributed by atoms with E-state index in [4.69, 9.17) is 5.89 Å². The molecule has 0 aliphatic heterocycles. The van der Waals surface area contributed by atoms with Gasteiger partial charge in [-0.05, 0) is 51.3 Å². The van der Waals surface area contributed by atoms with Gasteiger partial charge in [0, 0.05) is 45.1 Å². The molecule has 0 radical (unpaired) electrons. The molecular weight excluding hydrogens is 682 g/mol. The van der Waals surface area contributed by atoms with E-state index in [0.717, 1.165) is 38.7 Å². The summed E-state index contributed by atoms with van der Waals surface area (Å²) in [6, 6.07) is 14.3. The van der Waals surface area contributed by atoms with Crippen molar-refractivity contribution >= 4 is 71.2 Å². The molecule has 0 amide bonds. The maximum Gasteiger partial charge on any atom is 0.159 e. The second-order valence-electron chi connectivity index (χ2n) is 5.88. The van der Waals surface area contributed by atoms with Crippen LogP contribution in [-0.4, -0.2) is 30.6 Å². The number of aryl methyl sites for hydroxylation is 1. The van der Waals surface area contributed by atoms with Gasteiger partial charge in [-0.25, -0.2) is 0 Å². The molecule has 0 aliphatic rings. The van der Waals surface area contributed by atoms with E-state index in [1.807, 2.05) is 19.1 Å². The summed E-state index contributed by atoms with van der Waals surface area (Å²) < 4.78 is 12.3. The van der Waals surface area contributed by atoms with Gasteiger partial charge in [-0.15, -0.1) is 0 Å². The Morgan fingerprint density at radius 1 is 1.12 bits per heavy atom. The van der Waals surface area contributed by atoms with Crippen molar-refractivity contribution in [1.82, 2.24) is 5.16 Å². The normalized spacial score (nSPS) is 9.74. The van der Waals surface area contributed by atoms with Gasteiger partial charge in [0.1, 0.15) is 31.1 Å². The molecule has 34 heavy (non-hydrogen) atoms. The quantitative estimate of drug-likeness (QED) is 0.0901. The fourth-order valence-corrected chi connectivity index (χ4v) is 2.85. The Hall–Kier alpha value is -2.23. The van der Waals surface area contributed by atoms with Crippen LogP contribution in [0.15, 0.2) is 58.2 Å². The summed E-state index contributed by atoms with van der Waals surface area (Å²) in [5.41, 5.74) is 4.45. The van der Waals surface area contributed by atoms with Crippen molar-refractivity contribution in [2.45, 2.75) is 27.7 Å². The van der Waals surface area contributed by atoms with Crippen LogP contribution >= 0.6 is 53.0 Å². The number of halogens is 3. The molecule has 0 fully saturated rings. The molecule has 1 heterocycles. The fraction of sp³-hybridized carbons (Fsp3) is 0.200. The Labute approximate surface area is 232 Å². The number of benzene rings is 2. The largest absolute Gasteiger partial charge is 0.398 e. The van der Waals surface area contributed by atoms with Crippen molar-refractivity contribution in [2.24, 2.45) is 5.16 Å². The van der Waals surface area contributed by atoms with Crippen molar-refractivity contribution in [1.29, 1.82) is 0 Å². The van der Waals surface area contributed by atoms with E-state index in [9.17, 15) is 9.59 Å². The maximum atomic E-state index is 10.5. The molecule has 0 aliphatic carbocycles. The standard InChI is InChI=1S/C12H11NO2.C11H8INO2.C2H6.ClI/c1-3-4-12(13-15-2)11-7-5-10(9-14)6-8-11;1-7-10(12)11(13-15-7)9-4-2-8(6-14)3-5-9;2*1-2/h5-9H,1-2H3;2-6H,1H3;1-2H3;/b13-12-;;;/i;;1D;. The van der Waals surface area contributed by atoms with Crippen LogP contribution in [0.3, 0.4) is 0 Å². The lowest BCUT2D eigenvalue weighted by Gasteiger charge is -1.98. The number of aldehydes is 2. The number of carbonyl (C=O) groups is 2. The first kappa shape index (κ1) is 29.8. The molecule has 9 heteroatoms. The molecule has 0 unspecified atom stereocenters. The number of rotatable bonds is 5. The molecule has 0 atom stereocenters. The number of hydrogen-bond acceptors (Lipinski definition) is 6. The highest BCUT2D eigenvalue weighted by atomic mass is 127. The zero-order valence-corrected chi connectivity index (χ0v) is 24.2. The van der Waals surface area contributed by atoms with E-state index in [2.05, 4.69) is 58.5 Å². The van der Waals surface area contributed by atoms with Crippen molar-refractivity contribution in [2.75, 3.05) is 7.11 Å². The Morgan fingerprint density at radius 2 is 1.62 bits per heavy atom. The minimum atomic E-state index is 0.500. The van der Waals surface area contributed by atoms with Gasteiger partial charge in [-0.1, -0.05) is 78.6 Å². The number of hydrogen-bond donors (Lipinski definition) is 0. The molecule has 2 aromatic carbocycles. The summed E-state index contributed by atoms with van der Waals surface area (Å²) in [6.45, 7) is 5.89. The van der Waals surface area contributed by atoms with Gasteiger partial charge in [0.2, 0.25) is 0 Å². The predicted octanol–water partition coefficient (Wildman–Crippen LogP) is 7.54. The van der Waals surface area contributed by atoms with Gasteiger partial charge < -0.3 is 9.36 Å². The van der Waals surface area contributed by atoms with E-state index >= 15 is 0 Å². The molecule has 1 aromatic heterocycles. The van der Waals surface area contributed by atoms with Gasteiger partial charge in [-0.3, -0.25) is 9.59 Å². The molecule has 6 nitrogen and oxygen atoms in total. The highest BCUT2D eigenvalue weighted by molar-refractivity contribution is 14.1. The van der Waals surface area contributed by atoms with E-state index < -0.39 is 0 Å². The van der Waals surface area contributed by atoms with E-state index in [0.29, 0.717) is 23.7 Å². The zero-order valence-electron chi connectivity index (χ0n) is 20.1. The summed E-state index contributed by atoms with van der Waals surface area (Å²) in [7, 11) is 6.08. The van der Waals surface area contributed by atoms with Gasteiger partial charge in [-0.2, -0.15) is 0 Å². The van der Waals surface area contributed by atoms with Crippen LogP contribution in [0.25, 0.3) is 11.3 Å². The predicted molar refractivity (Wildman–Crippen MR) is 155 cm³/mol. The second-order valence-corrected chi connectivity index (χ2v) is 6.96. The second kappa shape index (κ2) is 19.1. The van der Waals surface area contributed by atoms with Crippen LogP contribution in [0.2, 0.25) is 0 Å². The average Bonchev–Trinajstić information content (AvgIpc) is 3.24. The summed E-state index contributed by atoms with van der Waals surface area (Å²) in [5, 5.41) is 7.76. The number of nitrogens with zero attached hydrogens (tertiary/aromatic N) is 2. The lowest BCUT2D eigenvalue weighted by Crippen LogP contribution is -1.98. The van der Waals surface area contributed by atoms with Crippen molar-refractivity contribution in [3.63, 3.8) is 0 Å².